The number of pyridine rings is 1. The number of aryl methyl sites for hydroxylation is 1. The number of nitrogens with zero attached hydrogens (tertiary/aromatic N) is 3. The molecule has 4 rings (SSSR count). The second kappa shape index (κ2) is 8.13. The molecule has 162 valence electrons. The fraction of sp³-hybridized carbons (Fsp3) is 0.364. The van der Waals surface area contributed by atoms with Gasteiger partial charge in [-0.15, -0.1) is 0 Å². The zero-order valence-electron chi connectivity index (χ0n) is 16.8. The molecule has 9 heteroatoms. The average Bonchev–Trinajstić information content (AvgIpc) is 3.16. The Kier molecular flexibility index (Phi) is 5.51. The Morgan fingerprint density at radius 2 is 1.94 bits per heavy atom. The van der Waals surface area contributed by atoms with Gasteiger partial charge in [0.05, 0.1) is 11.6 Å². The number of halogens is 3. The van der Waals surface area contributed by atoms with E-state index >= 15 is 0 Å². The first-order valence-electron chi connectivity index (χ1n) is 10.0. The van der Waals surface area contributed by atoms with E-state index in [0.29, 0.717) is 5.69 Å². The SMILES string of the molecule is Cc1cc2nn([C@H]3CC[C@H](C=O)CC3)cc2cc1NC(=O)c1cccc(C(F)(F)F)n1. The number of carbonyl (C=O) groups is 2. The molecule has 1 fully saturated rings. The molecular weight excluding hydrogens is 409 g/mol. The lowest BCUT2D eigenvalue weighted by molar-refractivity contribution is -0.141. The number of hydrogen-bond acceptors (Lipinski definition) is 4. The molecule has 6 nitrogen and oxygen atoms in total. The highest BCUT2D eigenvalue weighted by atomic mass is 19.4. The van der Waals surface area contributed by atoms with Crippen LogP contribution in [0.2, 0.25) is 0 Å². The zero-order valence-corrected chi connectivity index (χ0v) is 16.8. The average molecular weight is 430 g/mol. The van der Waals surface area contributed by atoms with Gasteiger partial charge in [-0.25, -0.2) is 4.98 Å². The van der Waals surface area contributed by atoms with Crippen LogP contribution in [0.25, 0.3) is 10.9 Å². The molecule has 1 N–H and O–H groups in total. The summed E-state index contributed by atoms with van der Waals surface area (Å²) >= 11 is 0. The van der Waals surface area contributed by atoms with E-state index in [1.165, 1.54) is 6.07 Å². The van der Waals surface area contributed by atoms with Crippen molar-refractivity contribution in [3.8, 4) is 0 Å². The minimum Gasteiger partial charge on any atom is -0.320 e. The predicted molar refractivity (Wildman–Crippen MR) is 109 cm³/mol. The predicted octanol–water partition coefficient (Wildman–Crippen LogP) is 4.94. The maximum atomic E-state index is 12.9. The van der Waals surface area contributed by atoms with Crippen LogP contribution in [0.5, 0.6) is 0 Å². The summed E-state index contributed by atoms with van der Waals surface area (Å²) in [6.45, 7) is 1.79. The minimum atomic E-state index is -4.62. The molecule has 31 heavy (non-hydrogen) atoms. The first-order valence-corrected chi connectivity index (χ1v) is 10.0. The van der Waals surface area contributed by atoms with Gasteiger partial charge in [0.2, 0.25) is 0 Å². The third-order valence-electron chi connectivity index (χ3n) is 5.70. The van der Waals surface area contributed by atoms with Gasteiger partial charge in [0.25, 0.3) is 5.91 Å². The van der Waals surface area contributed by atoms with Crippen molar-refractivity contribution in [1.29, 1.82) is 0 Å². The lowest BCUT2D eigenvalue weighted by Gasteiger charge is -2.25. The molecule has 0 saturated heterocycles. The van der Waals surface area contributed by atoms with Gasteiger partial charge < -0.3 is 10.1 Å². The summed E-state index contributed by atoms with van der Waals surface area (Å²) in [4.78, 5) is 26.9. The maximum Gasteiger partial charge on any atom is 0.433 e. The lowest BCUT2D eigenvalue weighted by atomic mass is 9.87. The van der Waals surface area contributed by atoms with Gasteiger partial charge in [-0.05, 0) is 62.4 Å². The largest absolute Gasteiger partial charge is 0.433 e. The van der Waals surface area contributed by atoms with Crippen molar-refractivity contribution in [3.63, 3.8) is 0 Å². The van der Waals surface area contributed by atoms with Crippen LogP contribution in [0, 0.1) is 12.8 Å². The zero-order chi connectivity index (χ0) is 22.2. The van der Waals surface area contributed by atoms with E-state index in [4.69, 9.17) is 0 Å². The van der Waals surface area contributed by atoms with E-state index in [0.717, 1.165) is 60.6 Å². The van der Waals surface area contributed by atoms with E-state index in [9.17, 15) is 22.8 Å². The second-order valence-electron chi connectivity index (χ2n) is 7.90. The lowest BCUT2D eigenvalue weighted by Crippen LogP contribution is -2.19. The third-order valence-corrected chi connectivity index (χ3v) is 5.70. The fourth-order valence-corrected chi connectivity index (χ4v) is 3.92. The molecule has 0 radical (unpaired) electrons. The van der Waals surface area contributed by atoms with E-state index in [1.807, 2.05) is 16.9 Å². The fourth-order valence-electron chi connectivity index (χ4n) is 3.92. The van der Waals surface area contributed by atoms with Gasteiger partial charge in [0.15, 0.2) is 0 Å². The van der Waals surface area contributed by atoms with Crippen LogP contribution >= 0.6 is 0 Å². The Labute approximate surface area is 176 Å². The summed E-state index contributed by atoms with van der Waals surface area (Å²) in [5, 5.41) is 8.11. The Morgan fingerprint density at radius 1 is 1.19 bits per heavy atom. The number of aldehydes is 1. The molecule has 1 aliphatic rings. The van der Waals surface area contributed by atoms with Crippen LogP contribution in [0.4, 0.5) is 18.9 Å². The van der Waals surface area contributed by atoms with E-state index in [2.05, 4.69) is 15.4 Å². The van der Waals surface area contributed by atoms with Gasteiger partial charge in [0.1, 0.15) is 17.7 Å². The summed E-state index contributed by atoms with van der Waals surface area (Å²) in [5.41, 5.74) is 0.573. The number of hydrogen-bond donors (Lipinski definition) is 1. The van der Waals surface area contributed by atoms with Crippen LogP contribution in [-0.2, 0) is 11.0 Å². The van der Waals surface area contributed by atoms with Gasteiger partial charge in [-0.3, -0.25) is 9.48 Å². The van der Waals surface area contributed by atoms with Gasteiger partial charge in [-0.2, -0.15) is 18.3 Å². The molecule has 0 aliphatic heterocycles. The monoisotopic (exact) mass is 430 g/mol. The van der Waals surface area contributed by atoms with Gasteiger partial charge >= 0.3 is 6.18 Å². The number of carbonyl (C=O) groups excluding carboxylic acids is 2. The molecule has 0 unspecified atom stereocenters. The van der Waals surface area contributed by atoms with Crippen molar-refractivity contribution in [2.45, 2.75) is 44.8 Å². The van der Waals surface area contributed by atoms with Crippen molar-refractivity contribution in [1.82, 2.24) is 14.8 Å². The molecule has 0 bridgehead atoms. The topological polar surface area (TPSA) is 76.9 Å². The molecule has 1 saturated carbocycles. The summed E-state index contributed by atoms with van der Waals surface area (Å²) in [5.74, 6) is -0.595. The summed E-state index contributed by atoms with van der Waals surface area (Å²) < 4.78 is 40.5. The Morgan fingerprint density at radius 3 is 2.61 bits per heavy atom. The Balaban J connectivity index is 1.55. The molecule has 0 atom stereocenters. The van der Waals surface area contributed by atoms with Crippen molar-refractivity contribution in [2.24, 2.45) is 5.92 Å². The standard InChI is InChI=1S/C22H21F3N4O2/c1-13-9-19-15(11-29(28-19)16-7-5-14(12-30)6-8-16)10-18(13)27-21(31)17-3-2-4-20(26-17)22(23,24)25/h2-4,9-12,14,16H,5-8H2,1H3,(H,27,31)/t14-,16-. The molecule has 3 aromatic rings. The van der Waals surface area contributed by atoms with E-state index in [-0.39, 0.29) is 17.7 Å². The number of nitrogens with one attached hydrogen (secondary N) is 1. The molecule has 0 spiro atoms. The molecule has 2 heterocycles. The Hall–Kier alpha value is -3.23. The summed E-state index contributed by atoms with van der Waals surface area (Å²) in [7, 11) is 0. The van der Waals surface area contributed by atoms with Gasteiger partial charge in [0, 0.05) is 23.2 Å². The van der Waals surface area contributed by atoms with Crippen LogP contribution in [-0.4, -0.2) is 27.0 Å². The number of benzene rings is 1. The van der Waals surface area contributed by atoms with Crippen molar-refractivity contribution < 1.29 is 22.8 Å². The number of amides is 1. The molecular formula is C22H21F3N4O2. The maximum absolute atomic E-state index is 12.9. The quantitative estimate of drug-likeness (QED) is 0.595. The third kappa shape index (κ3) is 4.45. The van der Waals surface area contributed by atoms with Crippen molar-refractivity contribution in [3.05, 3.63) is 53.5 Å². The molecule has 1 aromatic carbocycles. The molecule has 2 aromatic heterocycles. The van der Waals surface area contributed by atoms with E-state index < -0.39 is 17.8 Å². The molecule has 1 amide bonds. The second-order valence-corrected chi connectivity index (χ2v) is 7.90. The first kappa shape index (κ1) is 21.0. The number of fused-ring (bicyclic) bond motifs is 1. The highest BCUT2D eigenvalue weighted by Crippen LogP contribution is 2.33. The number of alkyl halides is 3. The molecule has 1 aliphatic carbocycles. The van der Waals surface area contributed by atoms with Crippen molar-refractivity contribution in [2.75, 3.05) is 5.32 Å². The summed E-state index contributed by atoms with van der Waals surface area (Å²) in [6.07, 6.45) is 1.74. The number of anilines is 1. The van der Waals surface area contributed by atoms with E-state index in [1.54, 1.807) is 13.0 Å². The van der Waals surface area contributed by atoms with Crippen LogP contribution < -0.4 is 5.32 Å². The van der Waals surface area contributed by atoms with Gasteiger partial charge in [-0.1, -0.05) is 6.07 Å². The van der Waals surface area contributed by atoms with Crippen LogP contribution in [0.15, 0.2) is 36.5 Å². The van der Waals surface area contributed by atoms with Crippen LogP contribution in [0.1, 0.15) is 53.5 Å². The summed E-state index contributed by atoms with van der Waals surface area (Å²) in [6, 6.07) is 7.03. The number of aromatic nitrogens is 3. The number of rotatable bonds is 4. The highest BCUT2D eigenvalue weighted by molar-refractivity contribution is 6.04. The van der Waals surface area contributed by atoms with Crippen molar-refractivity contribution >= 4 is 28.8 Å². The normalized spacial score (nSPS) is 19.4. The smallest absolute Gasteiger partial charge is 0.320 e. The Bertz CT molecular complexity index is 1130. The highest BCUT2D eigenvalue weighted by Gasteiger charge is 2.33. The first-order chi connectivity index (χ1) is 14.7. The minimum absolute atomic E-state index is 0.120. The van der Waals surface area contributed by atoms with Crippen LogP contribution in [0.3, 0.4) is 0 Å².